The van der Waals surface area contributed by atoms with Gasteiger partial charge in [-0.3, -0.25) is 19.2 Å². The van der Waals surface area contributed by atoms with Crippen LogP contribution in [0.4, 0.5) is 5.69 Å². The van der Waals surface area contributed by atoms with Gasteiger partial charge in [-0.05, 0) is 50.0 Å². The minimum atomic E-state index is -1.35. The van der Waals surface area contributed by atoms with E-state index in [0.29, 0.717) is 22.5 Å². The van der Waals surface area contributed by atoms with Gasteiger partial charge in [0, 0.05) is 40.3 Å². The summed E-state index contributed by atoms with van der Waals surface area (Å²) in [4.78, 5) is 66.6. The van der Waals surface area contributed by atoms with Gasteiger partial charge in [0.05, 0.1) is 24.6 Å². The number of phenolic OH excluding ortho intramolecular Hbond substituents is 1. The molecule has 0 aromatic heterocycles. The summed E-state index contributed by atoms with van der Waals surface area (Å²) >= 11 is 0. The van der Waals surface area contributed by atoms with Crippen molar-refractivity contribution in [3.8, 4) is 17.2 Å². The minimum absolute atomic E-state index is 0.0450. The predicted octanol–water partition coefficient (Wildman–Crippen LogP) is 3.44. The van der Waals surface area contributed by atoms with Crippen LogP contribution in [0.2, 0.25) is 0 Å². The Morgan fingerprint density at radius 2 is 1.76 bits per heavy atom. The molecule has 0 spiro atoms. The Kier molecular flexibility index (Phi) is 5.95. The van der Waals surface area contributed by atoms with Crippen molar-refractivity contribution in [1.82, 2.24) is 0 Å². The van der Waals surface area contributed by atoms with E-state index in [9.17, 15) is 39.3 Å². The molecule has 0 saturated carbocycles. The maximum Gasteiger partial charge on any atom is 0.339 e. The van der Waals surface area contributed by atoms with E-state index in [2.05, 4.69) is 0 Å². The molecule has 10 nitrogen and oxygen atoms in total. The van der Waals surface area contributed by atoms with Crippen LogP contribution in [0.1, 0.15) is 41.6 Å². The first-order valence-corrected chi connectivity index (χ1v) is 13.0. The zero-order valence-corrected chi connectivity index (χ0v) is 22.1. The first-order valence-electron chi connectivity index (χ1n) is 13.0. The lowest BCUT2D eigenvalue weighted by molar-refractivity contribution is -0.123. The molecular formula is C31H25NO9. The van der Waals surface area contributed by atoms with Gasteiger partial charge < -0.3 is 20.1 Å². The largest absolute Gasteiger partial charge is 0.508 e. The number of fused-ring (bicyclic) bond motifs is 3. The molecule has 10 heteroatoms. The van der Waals surface area contributed by atoms with Gasteiger partial charge in [-0.2, -0.15) is 0 Å². The zero-order chi connectivity index (χ0) is 29.3. The van der Waals surface area contributed by atoms with E-state index in [1.165, 1.54) is 31.4 Å². The van der Waals surface area contributed by atoms with Crippen molar-refractivity contribution in [3.05, 3.63) is 82.0 Å². The SMILES string of the molecule is COc1cc(O)ccc1C1C2=CCC3C(=O)N(c4ccc(C(=O)O)c(O)c4)C(=O)C3C2CC2=C1C(=O)C(C)=CC2=O. The molecule has 3 aliphatic carbocycles. The number of anilines is 1. The van der Waals surface area contributed by atoms with Gasteiger partial charge in [0.1, 0.15) is 22.8 Å². The second-order valence-electron chi connectivity index (χ2n) is 10.7. The van der Waals surface area contributed by atoms with Crippen LogP contribution in [0.25, 0.3) is 0 Å². The number of carbonyl (C=O) groups is 5. The second-order valence-corrected chi connectivity index (χ2v) is 10.7. The van der Waals surface area contributed by atoms with Crippen LogP contribution in [0.15, 0.2) is 70.8 Å². The Morgan fingerprint density at radius 3 is 2.44 bits per heavy atom. The third kappa shape index (κ3) is 3.81. The first-order chi connectivity index (χ1) is 19.5. The van der Waals surface area contributed by atoms with Crippen LogP contribution in [0, 0.1) is 17.8 Å². The fraction of sp³-hybridized carbons (Fsp3) is 0.258. The molecule has 1 fully saturated rings. The van der Waals surface area contributed by atoms with Gasteiger partial charge in [0.25, 0.3) is 0 Å². The normalized spacial score (nSPS) is 25.4. The average molecular weight is 556 g/mol. The highest BCUT2D eigenvalue weighted by Crippen LogP contribution is 2.56. The summed E-state index contributed by atoms with van der Waals surface area (Å²) in [6.07, 6.45) is 3.44. The molecule has 4 aliphatic rings. The number of hydrogen-bond acceptors (Lipinski definition) is 8. The van der Waals surface area contributed by atoms with Crippen LogP contribution in [0.5, 0.6) is 17.2 Å². The maximum absolute atomic E-state index is 13.9. The van der Waals surface area contributed by atoms with E-state index in [0.717, 1.165) is 22.6 Å². The fourth-order valence-corrected chi connectivity index (χ4v) is 6.75. The smallest absolute Gasteiger partial charge is 0.339 e. The molecule has 4 atom stereocenters. The van der Waals surface area contributed by atoms with Crippen LogP contribution in [-0.4, -0.2) is 51.8 Å². The molecular weight excluding hydrogens is 530 g/mol. The molecule has 6 rings (SSSR count). The topological polar surface area (TPSA) is 159 Å². The molecule has 0 radical (unpaired) electrons. The van der Waals surface area contributed by atoms with Crippen molar-refractivity contribution in [3.63, 3.8) is 0 Å². The summed E-state index contributed by atoms with van der Waals surface area (Å²) in [5.41, 5.74) is 1.84. The van der Waals surface area contributed by atoms with Crippen molar-refractivity contribution in [1.29, 1.82) is 0 Å². The predicted molar refractivity (Wildman–Crippen MR) is 144 cm³/mol. The molecule has 1 saturated heterocycles. The number of nitrogens with zero attached hydrogens (tertiary/aromatic N) is 1. The average Bonchev–Trinajstić information content (AvgIpc) is 3.20. The van der Waals surface area contributed by atoms with Crippen molar-refractivity contribution >= 4 is 35.0 Å². The number of carboxylic acid groups (broad SMARTS) is 1. The van der Waals surface area contributed by atoms with Gasteiger partial charge in [0.15, 0.2) is 11.6 Å². The Bertz CT molecular complexity index is 1690. The number of imide groups is 1. The number of rotatable bonds is 4. The quantitative estimate of drug-likeness (QED) is 0.292. The number of aromatic hydroxyl groups is 2. The number of carbonyl (C=O) groups excluding carboxylic acids is 4. The molecule has 0 bridgehead atoms. The summed E-state index contributed by atoms with van der Waals surface area (Å²) in [6, 6.07) is 8.02. The van der Waals surface area contributed by atoms with E-state index in [4.69, 9.17) is 4.74 Å². The second kappa shape index (κ2) is 9.29. The molecule has 1 aliphatic heterocycles. The van der Waals surface area contributed by atoms with E-state index in [-0.39, 0.29) is 47.0 Å². The third-order valence-electron chi connectivity index (χ3n) is 8.56. The fourth-order valence-electron chi connectivity index (χ4n) is 6.75. The van der Waals surface area contributed by atoms with Gasteiger partial charge in [-0.1, -0.05) is 17.7 Å². The third-order valence-corrected chi connectivity index (χ3v) is 8.56. The van der Waals surface area contributed by atoms with E-state index >= 15 is 0 Å². The summed E-state index contributed by atoms with van der Waals surface area (Å²) in [5.74, 6) is -6.22. The summed E-state index contributed by atoms with van der Waals surface area (Å²) in [6.45, 7) is 1.58. The number of methoxy groups -OCH3 is 1. The lowest BCUT2D eigenvalue weighted by atomic mass is 9.59. The van der Waals surface area contributed by atoms with Gasteiger partial charge in [-0.25, -0.2) is 9.69 Å². The molecule has 208 valence electrons. The number of carboxylic acids is 1. The van der Waals surface area contributed by atoms with Crippen LogP contribution >= 0.6 is 0 Å². The highest BCUT2D eigenvalue weighted by Gasteiger charge is 2.57. The van der Waals surface area contributed by atoms with Gasteiger partial charge in [0.2, 0.25) is 11.8 Å². The van der Waals surface area contributed by atoms with Gasteiger partial charge in [-0.15, -0.1) is 0 Å². The Morgan fingerprint density at radius 1 is 1.00 bits per heavy atom. The molecule has 1 heterocycles. The van der Waals surface area contributed by atoms with Crippen molar-refractivity contribution in [2.45, 2.75) is 25.7 Å². The lowest BCUT2D eigenvalue weighted by Crippen LogP contribution is -2.40. The number of aromatic carboxylic acids is 1. The number of Topliss-reactive ketones (excluding diaryl/α,β-unsaturated/α-hetero) is 1. The van der Waals surface area contributed by atoms with Crippen molar-refractivity contribution < 1.29 is 44.0 Å². The van der Waals surface area contributed by atoms with Crippen LogP contribution in [0.3, 0.4) is 0 Å². The summed E-state index contributed by atoms with van der Waals surface area (Å²) < 4.78 is 5.55. The molecule has 41 heavy (non-hydrogen) atoms. The van der Waals surface area contributed by atoms with Crippen LogP contribution in [-0.2, 0) is 19.2 Å². The standard InChI is InChI=1S/C31H25NO9/c1-13-9-22(34)21-12-20-16(25(27(21)28(13)36)18-6-4-15(33)11-24(18)41-2)7-8-19-26(20)30(38)32(29(19)37)14-3-5-17(31(39)40)23(35)10-14/h3-7,9-11,19-20,25-26,33,35H,8,12H2,1-2H3,(H,39,40). The zero-order valence-electron chi connectivity index (χ0n) is 22.1. The molecule has 2 aromatic carbocycles. The van der Waals surface area contributed by atoms with Crippen LogP contribution < -0.4 is 9.64 Å². The number of benzene rings is 2. The highest BCUT2D eigenvalue weighted by molar-refractivity contribution is 6.25. The monoisotopic (exact) mass is 555 g/mol. The number of ketones is 2. The first kappa shape index (κ1) is 26.2. The summed E-state index contributed by atoms with van der Waals surface area (Å²) in [5, 5.41) is 29.6. The number of phenols is 2. The lowest BCUT2D eigenvalue weighted by Gasteiger charge is -2.42. The Hall–Kier alpha value is -4.99. The molecule has 2 aromatic rings. The number of hydrogen-bond donors (Lipinski definition) is 3. The number of amides is 2. The molecule has 2 amide bonds. The van der Waals surface area contributed by atoms with E-state index in [1.54, 1.807) is 13.0 Å². The highest BCUT2D eigenvalue weighted by atomic mass is 16.5. The minimum Gasteiger partial charge on any atom is -0.508 e. The van der Waals surface area contributed by atoms with E-state index < -0.39 is 47.2 Å². The van der Waals surface area contributed by atoms with Gasteiger partial charge >= 0.3 is 5.97 Å². The Balaban J connectivity index is 1.48. The molecule has 3 N–H and O–H groups in total. The number of ether oxygens (including phenoxy) is 1. The number of allylic oxidation sites excluding steroid dienone is 6. The molecule has 4 unspecified atom stereocenters. The van der Waals surface area contributed by atoms with Crippen molar-refractivity contribution in [2.75, 3.05) is 12.0 Å². The van der Waals surface area contributed by atoms with Crippen molar-refractivity contribution in [2.24, 2.45) is 17.8 Å². The van der Waals surface area contributed by atoms with E-state index in [1.807, 2.05) is 6.08 Å². The maximum atomic E-state index is 13.9. The summed E-state index contributed by atoms with van der Waals surface area (Å²) in [7, 11) is 1.43. The Labute approximate surface area is 233 Å².